The van der Waals surface area contributed by atoms with Crippen molar-refractivity contribution in [3.8, 4) is 0 Å². The Hall–Kier alpha value is -1.17. The highest BCUT2D eigenvalue weighted by Crippen LogP contribution is 2.10. The normalized spacial score (nSPS) is 18.2. The average molecular weight is 303 g/mol. The van der Waals surface area contributed by atoms with Crippen LogP contribution in [0.5, 0.6) is 0 Å². The van der Waals surface area contributed by atoms with Crippen LogP contribution >= 0.6 is 12.4 Å². The largest absolute Gasteiger partial charge is 0.366 e. The van der Waals surface area contributed by atoms with Crippen LogP contribution in [0.2, 0.25) is 0 Å². The molecule has 1 amide bonds. The molecule has 20 heavy (non-hydrogen) atoms. The second-order valence-electron chi connectivity index (χ2n) is 4.55. The number of ether oxygens (including phenoxy) is 1. The Morgan fingerprint density at radius 3 is 2.95 bits per heavy atom. The molecule has 1 heterocycles. The third kappa shape index (κ3) is 4.44. The van der Waals surface area contributed by atoms with Gasteiger partial charge in [-0.2, -0.15) is 0 Å². The molecule has 1 fully saturated rings. The topological polar surface area (TPSA) is 41.6 Å². The van der Waals surface area contributed by atoms with E-state index >= 15 is 0 Å². The molecular weight excluding hydrogens is 283 g/mol. The standard InChI is InChI=1S/C14H19FN2O2.ClH/c1-2-17(10-11-4-3-5-12(15)8-11)14(18)13-9-16-6-7-19-13;/h3-5,8,13,16H,2,6-7,9-10H2,1H3;1H. The first-order chi connectivity index (χ1) is 9.20. The van der Waals surface area contributed by atoms with Crippen LogP contribution < -0.4 is 5.32 Å². The van der Waals surface area contributed by atoms with Crippen molar-refractivity contribution >= 4 is 18.3 Å². The van der Waals surface area contributed by atoms with E-state index in [-0.39, 0.29) is 24.1 Å². The molecule has 1 unspecified atom stereocenters. The van der Waals surface area contributed by atoms with Gasteiger partial charge in [0.1, 0.15) is 11.9 Å². The summed E-state index contributed by atoms with van der Waals surface area (Å²) in [6, 6.07) is 6.33. The van der Waals surface area contributed by atoms with Gasteiger partial charge in [0.05, 0.1) is 6.61 Å². The Bertz CT molecular complexity index is 439. The van der Waals surface area contributed by atoms with E-state index in [1.54, 1.807) is 11.0 Å². The van der Waals surface area contributed by atoms with Crippen LogP contribution in [0.4, 0.5) is 4.39 Å². The number of carbonyl (C=O) groups is 1. The van der Waals surface area contributed by atoms with E-state index in [4.69, 9.17) is 4.74 Å². The van der Waals surface area contributed by atoms with Crippen molar-refractivity contribution in [2.24, 2.45) is 0 Å². The highest BCUT2D eigenvalue weighted by Gasteiger charge is 2.26. The summed E-state index contributed by atoms with van der Waals surface area (Å²) in [7, 11) is 0. The number of rotatable bonds is 4. The molecule has 1 atom stereocenters. The zero-order valence-electron chi connectivity index (χ0n) is 11.5. The first-order valence-electron chi connectivity index (χ1n) is 6.56. The highest BCUT2D eigenvalue weighted by atomic mass is 35.5. The number of likely N-dealkylation sites (N-methyl/N-ethyl adjacent to an activating group) is 1. The smallest absolute Gasteiger partial charge is 0.253 e. The van der Waals surface area contributed by atoms with Crippen LogP contribution in [-0.4, -0.2) is 43.2 Å². The zero-order chi connectivity index (χ0) is 13.7. The molecule has 112 valence electrons. The van der Waals surface area contributed by atoms with Gasteiger partial charge in [-0.15, -0.1) is 12.4 Å². The number of halogens is 2. The molecule has 1 aliphatic rings. The third-order valence-electron chi connectivity index (χ3n) is 3.16. The number of amides is 1. The van der Waals surface area contributed by atoms with Crippen molar-refractivity contribution in [2.75, 3.05) is 26.2 Å². The molecule has 4 nitrogen and oxygen atoms in total. The molecule has 0 aromatic heterocycles. The van der Waals surface area contributed by atoms with Gasteiger partial charge in [0, 0.05) is 26.2 Å². The molecule has 6 heteroatoms. The van der Waals surface area contributed by atoms with Crippen molar-refractivity contribution in [1.29, 1.82) is 0 Å². The van der Waals surface area contributed by atoms with Crippen molar-refractivity contribution < 1.29 is 13.9 Å². The van der Waals surface area contributed by atoms with E-state index in [2.05, 4.69) is 5.32 Å². The molecule has 1 aromatic carbocycles. The molecule has 1 aromatic rings. The second kappa shape index (κ2) is 8.19. The maximum atomic E-state index is 13.1. The molecule has 1 saturated heterocycles. The van der Waals surface area contributed by atoms with Crippen LogP contribution in [-0.2, 0) is 16.1 Å². The summed E-state index contributed by atoms with van der Waals surface area (Å²) >= 11 is 0. The van der Waals surface area contributed by atoms with Gasteiger partial charge in [0.15, 0.2) is 0 Å². The summed E-state index contributed by atoms with van der Waals surface area (Å²) in [5.74, 6) is -0.324. The van der Waals surface area contributed by atoms with E-state index in [0.29, 0.717) is 26.2 Å². The number of benzene rings is 1. The van der Waals surface area contributed by atoms with Crippen LogP contribution in [0.3, 0.4) is 0 Å². The van der Waals surface area contributed by atoms with E-state index < -0.39 is 6.10 Å². The second-order valence-corrected chi connectivity index (χ2v) is 4.55. The van der Waals surface area contributed by atoms with Gasteiger partial charge in [-0.25, -0.2) is 4.39 Å². The molecule has 0 aliphatic carbocycles. The molecule has 0 radical (unpaired) electrons. The number of hydrogen-bond acceptors (Lipinski definition) is 3. The van der Waals surface area contributed by atoms with Crippen molar-refractivity contribution in [3.63, 3.8) is 0 Å². The summed E-state index contributed by atoms with van der Waals surface area (Å²) in [6.45, 7) is 4.77. The maximum Gasteiger partial charge on any atom is 0.253 e. The summed E-state index contributed by atoms with van der Waals surface area (Å²) in [5, 5.41) is 3.14. The minimum absolute atomic E-state index is 0. The number of morpholine rings is 1. The SMILES string of the molecule is CCN(Cc1cccc(F)c1)C(=O)C1CNCCO1.Cl. The predicted molar refractivity (Wildman–Crippen MR) is 77.3 cm³/mol. The molecule has 0 spiro atoms. The quantitative estimate of drug-likeness (QED) is 0.918. The fourth-order valence-electron chi connectivity index (χ4n) is 2.13. The number of nitrogens with one attached hydrogen (secondary N) is 1. The first kappa shape index (κ1) is 16.9. The van der Waals surface area contributed by atoms with Crippen LogP contribution in [0.1, 0.15) is 12.5 Å². The summed E-state index contributed by atoms with van der Waals surface area (Å²) in [5.41, 5.74) is 0.791. The van der Waals surface area contributed by atoms with Crippen LogP contribution in [0.15, 0.2) is 24.3 Å². The molecule has 0 bridgehead atoms. The zero-order valence-corrected chi connectivity index (χ0v) is 12.3. The predicted octanol–water partition coefficient (Wildman–Crippen LogP) is 1.58. The lowest BCUT2D eigenvalue weighted by Gasteiger charge is -2.29. The van der Waals surface area contributed by atoms with Crippen LogP contribution in [0.25, 0.3) is 0 Å². The summed E-state index contributed by atoms with van der Waals surface area (Å²) < 4.78 is 18.6. The fraction of sp³-hybridized carbons (Fsp3) is 0.500. The highest BCUT2D eigenvalue weighted by molar-refractivity contribution is 5.85. The Labute approximate surface area is 124 Å². The summed E-state index contributed by atoms with van der Waals surface area (Å²) in [6.07, 6.45) is -0.428. The summed E-state index contributed by atoms with van der Waals surface area (Å²) in [4.78, 5) is 14.0. The van der Waals surface area contributed by atoms with E-state index in [0.717, 1.165) is 12.1 Å². The Kier molecular flexibility index (Phi) is 6.91. The minimum atomic E-state index is -0.428. The van der Waals surface area contributed by atoms with Gasteiger partial charge in [0.2, 0.25) is 0 Å². The molecule has 1 aliphatic heterocycles. The molecule has 0 saturated carbocycles. The molecular formula is C14H20ClFN2O2. The van der Waals surface area contributed by atoms with E-state index in [1.807, 2.05) is 13.0 Å². The van der Waals surface area contributed by atoms with Gasteiger partial charge >= 0.3 is 0 Å². The van der Waals surface area contributed by atoms with Crippen molar-refractivity contribution in [2.45, 2.75) is 19.6 Å². The lowest BCUT2D eigenvalue weighted by molar-refractivity contribution is -0.145. The van der Waals surface area contributed by atoms with Crippen LogP contribution in [0, 0.1) is 5.82 Å². The monoisotopic (exact) mass is 302 g/mol. The van der Waals surface area contributed by atoms with Crippen molar-refractivity contribution in [1.82, 2.24) is 10.2 Å². The number of hydrogen-bond donors (Lipinski definition) is 1. The first-order valence-corrected chi connectivity index (χ1v) is 6.56. The van der Waals surface area contributed by atoms with E-state index in [1.165, 1.54) is 12.1 Å². The molecule has 2 rings (SSSR count). The Balaban J connectivity index is 0.00000200. The van der Waals surface area contributed by atoms with Gasteiger partial charge in [-0.1, -0.05) is 12.1 Å². The lowest BCUT2D eigenvalue weighted by atomic mass is 10.2. The van der Waals surface area contributed by atoms with Crippen molar-refractivity contribution in [3.05, 3.63) is 35.6 Å². The Morgan fingerprint density at radius 2 is 2.35 bits per heavy atom. The third-order valence-corrected chi connectivity index (χ3v) is 3.16. The van der Waals surface area contributed by atoms with Gasteiger partial charge in [0.25, 0.3) is 5.91 Å². The maximum absolute atomic E-state index is 13.1. The van der Waals surface area contributed by atoms with Gasteiger partial charge < -0.3 is 15.0 Å². The molecule has 1 N–H and O–H groups in total. The lowest BCUT2D eigenvalue weighted by Crippen LogP contribution is -2.49. The van der Waals surface area contributed by atoms with E-state index in [9.17, 15) is 9.18 Å². The number of carbonyl (C=O) groups excluding carboxylic acids is 1. The minimum Gasteiger partial charge on any atom is -0.366 e. The van der Waals surface area contributed by atoms with Gasteiger partial charge in [-0.3, -0.25) is 4.79 Å². The average Bonchev–Trinajstić information content (AvgIpc) is 2.45. The van der Waals surface area contributed by atoms with Gasteiger partial charge in [-0.05, 0) is 24.6 Å². The fourth-order valence-corrected chi connectivity index (χ4v) is 2.13. The Morgan fingerprint density at radius 1 is 1.55 bits per heavy atom. The number of nitrogens with zero attached hydrogens (tertiary/aromatic N) is 1.